The Hall–Kier alpha value is -2.43. The first-order valence-corrected chi connectivity index (χ1v) is 10.5. The number of ether oxygens (including phenoxy) is 2. The Morgan fingerprint density at radius 3 is 2.70 bits per heavy atom. The van der Waals surface area contributed by atoms with Crippen LogP contribution < -0.4 is 16.7 Å². The normalized spacial score (nSPS) is 11.2. The molecule has 0 aliphatic carbocycles. The molecule has 0 fully saturated rings. The van der Waals surface area contributed by atoms with E-state index in [-0.39, 0.29) is 5.56 Å². The molecule has 10 heteroatoms. The van der Waals surface area contributed by atoms with Gasteiger partial charge in [-0.05, 0) is 0 Å². The average Bonchev–Trinajstić information content (AvgIpc) is 3.11. The number of thioether (sulfide) groups is 1. The average molecular weight is 428 g/mol. The minimum absolute atomic E-state index is 0.358. The van der Waals surface area contributed by atoms with Gasteiger partial charge in [-0.15, -0.1) is 0 Å². The summed E-state index contributed by atoms with van der Waals surface area (Å²) in [6, 6.07) is 7.94. The van der Waals surface area contributed by atoms with E-state index in [0.717, 1.165) is 15.6 Å². The van der Waals surface area contributed by atoms with Crippen LogP contribution >= 0.6 is 11.8 Å². The quantitative estimate of drug-likeness (QED) is 0.257. The minimum atomic E-state index is -0.398. The Morgan fingerprint density at radius 1 is 1.17 bits per heavy atom. The molecule has 0 aliphatic rings. The summed E-state index contributed by atoms with van der Waals surface area (Å²) >= 11 is 1.49. The fourth-order valence-corrected chi connectivity index (χ4v) is 3.97. The second-order valence-corrected chi connectivity index (χ2v) is 7.82. The van der Waals surface area contributed by atoms with E-state index in [4.69, 9.17) is 9.47 Å². The van der Waals surface area contributed by atoms with Crippen molar-refractivity contribution < 1.29 is 9.47 Å². The number of aryl methyl sites for hydroxylation is 1. The summed E-state index contributed by atoms with van der Waals surface area (Å²) in [7, 11) is 4.74. The van der Waals surface area contributed by atoms with E-state index in [1.165, 1.54) is 23.4 Å². The summed E-state index contributed by atoms with van der Waals surface area (Å²) in [5.74, 6) is 0.661. The zero-order chi connectivity index (χ0) is 21.7. The van der Waals surface area contributed by atoms with Gasteiger partial charge in [0.2, 0.25) is 0 Å². The molecule has 0 N–H and O–H groups in total. The molecule has 0 atom stereocenters. The van der Waals surface area contributed by atoms with Crippen molar-refractivity contribution in [1.29, 1.82) is 0 Å². The van der Waals surface area contributed by atoms with Gasteiger partial charge in [0.1, 0.15) is 0 Å². The number of nitrogens with zero attached hydrogens (tertiary/aromatic N) is 4. The van der Waals surface area contributed by atoms with Crippen molar-refractivity contribution in [3.8, 4) is 0 Å². The predicted molar refractivity (Wildman–Crippen MR) is 122 cm³/mol. The molecule has 2 aromatic heterocycles. The van der Waals surface area contributed by atoms with Crippen LogP contribution in [-0.2, 0) is 30.1 Å². The van der Waals surface area contributed by atoms with Crippen molar-refractivity contribution in [3.05, 3.63) is 50.7 Å². The Bertz CT molecular complexity index is 1170. The number of aromatic nitrogens is 4. The molecule has 30 heavy (non-hydrogen) atoms. The fraction of sp³-hybridized carbons (Fsp3) is 0.400. The number of methoxy groups -OCH3 is 1. The van der Waals surface area contributed by atoms with Gasteiger partial charge >= 0.3 is 167 Å². The van der Waals surface area contributed by atoms with Crippen molar-refractivity contribution in [3.63, 3.8) is 0 Å². The zero-order valence-corrected chi connectivity index (χ0v) is 18.3. The van der Waals surface area contributed by atoms with E-state index in [2.05, 4.69) is 11.5 Å². The third-order valence-electron chi connectivity index (χ3n) is 4.73. The molecule has 1 aromatic carbocycles. The van der Waals surface area contributed by atoms with Crippen LogP contribution in [0.25, 0.3) is 11.2 Å². The van der Waals surface area contributed by atoms with Gasteiger partial charge in [-0.1, -0.05) is 0 Å². The summed E-state index contributed by atoms with van der Waals surface area (Å²) in [6.45, 7) is 7.65. The first-order chi connectivity index (χ1) is 14.5. The first-order valence-electron chi connectivity index (χ1n) is 9.55. The molecule has 2 heterocycles. The van der Waals surface area contributed by atoms with Crippen molar-refractivity contribution in [2.24, 2.45) is 14.1 Å². The maximum absolute atomic E-state index is 12.9. The summed E-state index contributed by atoms with van der Waals surface area (Å²) in [4.78, 5) is 29.9. The number of fused-ring (bicyclic) bond motifs is 1. The summed E-state index contributed by atoms with van der Waals surface area (Å²) in [5.41, 5.74) is 2.05. The molecular weight excluding hydrogens is 403 g/mol. The van der Waals surface area contributed by atoms with Gasteiger partial charge in [-0.3, -0.25) is 0 Å². The van der Waals surface area contributed by atoms with Crippen LogP contribution in [-0.4, -0.2) is 64.8 Å². The SMILES string of the molecule is C=Bc1cccc(Cn2c(SCCOCCOC)nc3c2c(=O)n(C)c(=O)n3C)c1. The second kappa shape index (κ2) is 10.1. The summed E-state index contributed by atoms with van der Waals surface area (Å²) in [6.07, 6.45) is 0. The van der Waals surface area contributed by atoms with Crippen LogP contribution in [0.3, 0.4) is 0 Å². The van der Waals surface area contributed by atoms with E-state index in [1.54, 1.807) is 21.1 Å². The number of imidazole rings is 1. The Morgan fingerprint density at radius 2 is 1.97 bits per heavy atom. The Labute approximate surface area is 179 Å². The first kappa shape index (κ1) is 22.3. The Kier molecular flexibility index (Phi) is 7.46. The molecule has 8 nitrogen and oxygen atoms in total. The van der Waals surface area contributed by atoms with Gasteiger partial charge in [0.25, 0.3) is 0 Å². The van der Waals surface area contributed by atoms with Crippen molar-refractivity contribution in [2.75, 3.05) is 32.7 Å². The molecule has 0 unspecified atom stereocenters. The van der Waals surface area contributed by atoms with Gasteiger partial charge < -0.3 is 4.74 Å². The van der Waals surface area contributed by atoms with E-state index in [9.17, 15) is 9.59 Å². The Balaban J connectivity index is 2.01. The van der Waals surface area contributed by atoms with Gasteiger partial charge in [0.15, 0.2) is 0 Å². The number of hydrogen-bond donors (Lipinski definition) is 0. The van der Waals surface area contributed by atoms with Crippen LogP contribution in [0.4, 0.5) is 0 Å². The molecule has 0 amide bonds. The second-order valence-electron chi connectivity index (χ2n) is 6.76. The van der Waals surface area contributed by atoms with Crippen molar-refractivity contribution in [2.45, 2.75) is 11.7 Å². The fourth-order valence-electron chi connectivity index (χ4n) is 3.12. The van der Waals surface area contributed by atoms with Gasteiger partial charge in [0.05, 0.1) is 0 Å². The molecule has 0 aliphatic heterocycles. The van der Waals surface area contributed by atoms with Gasteiger partial charge in [-0.2, -0.15) is 0 Å². The van der Waals surface area contributed by atoms with E-state index >= 15 is 0 Å². The van der Waals surface area contributed by atoms with Crippen LogP contribution in [0.5, 0.6) is 0 Å². The maximum atomic E-state index is 12.9. The zero-order valence-electron chi connectivity index (χ0n) is 17.5. The monoisotopic (exact) mass is 428 g/mol. The molecule has 3 rings (SSSR count). The van der Waals surface area contributed by atoms with Crippen LogP contribution in [0.1, 0.15) is 5.56 Å². The molecule has 3 aromatic rings. The van der Waals surface area contributed by atoms with Crippen molar-refractivity contribution >= 4 is 41.8 Å². The van der Waals surface area contributed by atoms with Gasteiger partial charge in [-0.25, -0.2) is 0 Å². The van der Waals surface area contributed by atoms with Gasteiger partial charge in [0, 0.05) is 7.11 Å². The molecule has 0 saturated heterocycles. The van der Waals surface area contributed by atoms with E-state index in [1.807, 2.05) is 28.8 Å². The molecule has 0 radical (unpaired) electrons. The molecular formula is C20H25BN4O4S. The standard InChI is InChI=1S/C20H25BN4O4S/c1-21-15-7-5-6-14(12-15)13-25-16-17(23(2)20(27)24(3)18(16)26)22-19(25)30-11-10-29-9-8-28-4/h5-7,12H,1,8-11,13H2,2-4H3. The van der Waals surface area contributed by atoms with E-state index in [0.29, 0.717) is 48.4 Å². The topological polar surface area (TPSA) is 80.3 Å². The predicted octanol–water partition coefficient (Wildman–Crippen LogP) is -0.00140. The molecule has 0 saturated carbocycles. The molecule has 0 spiro atoms. The van der Waals surface area contributed by atoms with Crippen LogP contribution in [0.15, 0.2) is 39.0 Å². The number of benzene rings is 1. The summed E-state index contributed by atoms with van der Waals surface area (Å²) < 4.78 is 14.9. The van der Waals surface area contributed by atoms with Crippen LogP contribution in [0.2, 0.25) is 0 Å². The third-order valence-corrected chi connectivity index (χ3v) is 5.67. The van der Waals surface area contributed by atoms with Crippen molar-refractivity contribution in [1.82, 2.24) is 18.7 Å². The third kappa shape index (κ3) is 4.66. The van der Waals surface area contributed by atoms with E-state index < -0.39 is 5.69 Å². The van der Waals surface area contributed by atoms with Crippen LogP contribution in [0, 0.1) is 0 Å². The number of rotatable bonds is 10. The molecule has 158 valence electrons. The summed E-state index contributed by atoms with van der Waals surface area (Å²) in [5, 5.41) is 0.669. The number of hydrogen-bond acceptors (Lipinski definition) is 6. The molecule has 0 bridgehead atoms.